The largest absolute Gasteiger partial charge is 0.416 e. The summed E-state index contributed by atoms with van der Waals surface area (Å²) in [4.78, 5) is 22.4. The van der Waals surface area contributed by atoms with Gasteiger partial charge in [0.1, 0.15) is 0 Å². The molecule has 0 radical (unpaired) electrons. The van der Waals surface area contributed by atoms with Crippen molar-refractivity contribution in [2.75, 3.05) is 10.6 Å². The molecule has 33 heavy (non-hydrogen) atoms. The fourth-order valence-electron chi connectivity index (χ4n) is 2.78. The quantitative estimate of drug-likeness (QED) is 0.365. The van der Waals surface area contributed by atoms with Crippen molar-refractivity contribution in [2.24, 2.45) is 0 Å². The Balaban J connectivity index is 1.60. The SMILES string of the molecule is Cc1cnc(Nc2nc(/C=C/c3cccc(C(F)(F)F)c3)nc(NCc3ccncc3)n2)s1. The highest BCUT2D eigenvalue weighted by atomic mass is 32.1. The van der Waals surface area contributed by atoms with E-state index < -0.39 is 11.7 Å². The number of nitrogens with zero attached hydrogens (tertiary/aromatic N) is 5. The van der Waals surface area contributed by atoms with Gasteiger partial charge in [0.15, 0.2) is 11.0 Å². The standard InChI is InChI=1S/C22H18F3N7S/c1-14-12-28-21(33-14)32-20-30-18(6-5-15-3-2-4-17(11-15)22(23,24)25)29-19(31-20)27-13-16-7-9-26-10-8-16/h2-12H,13H2,1H3,(H2,27,28,29,30,31,32)/b6-5+. The summed E-state index contributed by atoms with van der Waals surface area (Å²) in [5, 5.41) is 6.79. The molecule has 3 heterocycles. The van der Waals surface area contributed by atoms with Crippen molar-refractivity contribution >= 4 is 40.5 Å². The normalized spacial score (nSPS) is 11.6. The van der Waals surface area contributed by atoms with Crippen molar-refractivity contribution in [1.82, 2.24) is 24.9 Å². The number of anilines is 3. The number of alkyl halides is 3. The predicted molar refractivity (Wildman–Crippen MR) is 122 cm³/mol. The van der Waals surface area contributed by atoms with Gasteiger partial charge in [-0.25, -0.2) is 4.98 Å². The molecule has 3 aromatic heterocycles. The number of rotatable bonds is 7. The van der Waals surface area contributed by atoms with Gasteiger partial charge >= 0.3 is 6.18 Å². The second kappa shape index (κ2) is 9.74. The lowest BCUT2D eigenvalue weighted by Crippen LogP contribution is -2.08. The van der Waals surface area contributed by atoms with E-state index in [0.29, 0.717) is 23.2 Å². The number of hydrogen-bond acceptors (Lipinski definition) is 8. The van der Waals surface area contributed by atoms with Crippen LogP contribution in [0.4, 0.5) is 30.2 Å². The van der Waals surface area contributed by atoms with E-state index in [1.54, 1.807) is 24.7 Å². The number of aromatic nitrogens is 5. The molecule has 168 valence electrons. The van der Waals surface area contributed by atoms with Crippen LogP contribution in [0.5, 0.6) is 0 Å². The first-order chi connectivity index (χ1) is 15.8. The molecule has 11 heteroatoms. The van der Waals surface area contributed by atoms with Gasteiger partial charge in [-0.1, -0.05) is 18.2 Å². The molecule has 0 unspecified atom stereocenters. The number of pyridine rings is 1. The van der Waals surface area contributed by atoms with E-state index >= 15 is 0 Å². The lowest BCUT2D eigenvalue weighted by molar-refractivity contribution is -0.137. The van der Waals surface area contributed by atoms with Gasteiger partial charge in [-0.15, -0.1) is 11.3 Å². The highest BCUT2D eigenvalue weighted by Crippen LogP contribution is 2.30. The van der Waals surface area contributed by atoms with Gasteiger partial charge < -0.3 is 5.32 Å². The van der Waals surface area contributed by atoms with E-state index in [1.165, 1.54) is 29.6 Å². The van der Waals surface area contributed by atoms with Crippen molar-refractivity contribution < 1.29 is 13.2 Å². The Morgan fingerprint density at radius 2 is 1.79 bits per heavy atom. The maximum atomic E-state index is 13.0. The van der Waals surface area contributed by atoms with Crippen molar-refractivity contribution in [3.63, 3.8) is 0 Å². The number of thiazole rings is 1. The molecular weight excluding hydrogens is 451 g/mol. The molecule has 0 fully saturated rings. The molecular formula is C22H18F3N7S. The Kier molecular flexibility index (Phi) is 6.59. The van der Waals surface area contributed by atoms with Crippen molar-refractivity contribution in [3.8, 4) is 0 Å². The van der Waals surface area contributed by atoms with Gasteiger partial charge in [-0.2, -0.15) is 28.1 Å². The van der Waals surface area contributed by atoms with Crippen LogP contribution in [0.3, 0.4) is 0 Å². The second-order valence-corrected chi connectivity index (χ2v) is 8.14. The second-order valence-electron chi connectivity index (χ2n) is 6.91. The van der Waals surface area contributed by atoms with Gasteiger partial charge in [0.05, 0.1) is 5.56 Å². The molecule has 0 saturated carbocycles. The van der Waals surface area contributed by atoms with Gasteiger partial charge in [0.25, 0.3) is 0 Å². The van der Waals surface area contributed by atoms with E-state index in [0.717, 1.165) is 22.6 Å². The summed E-state index contributed by atoms with van der Waals surface area (Å²) in [5.41, 5.74) is 0.639. The fraction of sp³-hybridized carbons (Fsp3) is 0.136. The zero-order valence-corrected chi connectivity index (χ0v) is 18.2. The molecule has 0 amide bonds. The van der Waals surface area contributed by atoms with Crippen LogP contribution in [0.2, 0.25) is 0 Å². The molecule has 0 spiro atoms. The van der Waals surface area contributed by atoms with E-state index in [9.17, 15) is 13.2 Å². The summed E-state index contributed by atoms with van der Waals surface area (Å²) >= 11 is 1.44. The first-order valence-corrected chi connectivity index (χ1v) is 10.6. The Bertz CT molecular complexity index is 1260. The third-order valence-corrected chi connectivity index (χ3v) is 5.16. The van der Waals surface area contributed by atoms with Crippen LogP contribution < -0.4 is 10.6 Å². The van der Waals surface area contributed by atoms with Crippen LogP contribution >= 0.6 is 11.3 Å². The lowest BCUT2D eigenvalue weighted by Gasteiger charge is -2.08. The molecule has 0 bridgehead atoms. The summed E-state index contributed by atoms with van der Waals surface area (Å²) in [6, 6.07) is 8.75. The van der Waals surface area contributed by atoms with Gasteiger partial charge in [-0.05, 0) is 48.4 Å². The zero-order valence-electron chi connectivity index (χ0n) is 17.3. The maximum Gasteiger partial charge on any atom is 0.416 e. The van der Waals surface area contributed by atoms with Crippen LogP contribution in [0, 0.1) is 6.92 Å². The molecule has 0 aliphatic carbocycles. The lowest BCUT2D eigenvalue weighted by atomic mass is 10.1. The van der Waals surface area contributed by atoms with Crippen molar-refractivity contribution in [2.45, 2.75) is 19.6 Å². The Hall–Kier alpha value is -3.86. The topological polar surface area (TPSA) is 88.5 Å². The summed E-state index contributed by atoms with van der Waals surface area (Å²) in [6.45, 7) is 2.39. The molecule has 0 saturated heterocycles. The fourth-order valence-corrected chi connectivity index (χ4v) is 3.44. The first kappa shape index (κ1) is 22.3. The van der Waals surface area contributed by atoms with Crippen LogP contribution in [-0.2, 0) is 12.7 Å². The zero-order chi connectivity index (χ0) is 23.3. The van der Waals surface area contributed by atoms with Gasteiger partial charge in [-0.3, -0.25) is 10.3 Å². The third-order valence-electron chi connectivity index (χ3n) is 4.33. The van der Waals surface area contributed by atoms with Crippen LogP contribution in [0.1, 0.15) is 27.4 Å². The molecule has 1 aromatic carbocycles. The molecule has 4 aromatic rings. The maximum absolute atomic E-state index is 13.0. The average Bonchev–Trinajstić information content (AvgIpc) is 3.21. The smallest absolute Gasteiger partial charge is 0.350 e. The van der Waals surface area contributed by atoms with Crippen molar-refractivity contribution in [3.05, 3.63) is 82.4 Å². The van der Waals surface area contributed by atoms with E-state index in [-0.39, 0.29) is 11.8 Å². The average molecular weight is 469 g/mol. The summed E-state index contributed by atoms with van der Waals surface area (Å²) in [7, 11) is 0. The Morgan fingerprint density at radius 3 is 2.52 bits per heavy atom. The van der Waals surface area contributed by atoms with E-state index in [2.05, 4.69) is 35.6 Å². The number of benzene rings is 1. The molecule has 0 aliphatic heterocycles. The predicted octanol–water partition coefficient (Wildman–Crippen LogP) is 5.58. The molecule has 7 nitrogen and oxygen atoms in total. The van der Waals surface area contributed by atoms with Crippen LogP contribution in [-0.4, -0.2) is 24.9 Å². The van der Waals surface area contributed by atoms with Crippen LogP contribution in [0.15, 0.2) is 55.0 Å². The third kappa shape index (κ3) is 6.32. The number of nitrogens with one attached hydrogen (secondary N) is 2. The van der Waals surface area contributed by atoms with Gasteiger partial charge in [0.2, 0.25) is 11.9 Å². The number of halogens is 3. The number of hydrogen-bond donors (Lipinski definition) is 2. The minimum Gasteiger partial charge on any atom is -0.350 e. The summed E-state index contributed by atoms with van der Waals surface area (Å²) in [6.07, 6.45) is 3.74. The summed E-state index contributed by atoms with van der Waals surface area (Å²) < 4.78 is 39.0. The minimum atomic E-state index is -4.41. The Morgan fingerprint density at radius 1 is 1.00 bits per heavy atom. The van der Waals surface area contributed by atoms with Crippen molar-refractivity contribution in [1.29, 1.82) is 0 Å². The van der Waals surface area contributed by atoms with E-state index in [4.69, 9.17) is 0 Å². The Labute approximate surface area is 191 Å². The van der Waals surface area contributed by atoms with Crippen LogP contribution in [0.25, 0.3) is 12.2 Å². The number of aryl methyl sites for hydroxylation is 1. The van der Waals surface area contributed by atoms with Gasteiger partial charge in [0, 0.05) is 30.0 Å². The monoisotopic (exact) mass is 469 g/mol. The molecule has 2 N–H and O–H groups in total. The first-order valence-electron chi connectivity index (χ1n) is 9.79. The molecule has 0 aliphatic rings. The highest BCUT2D eigenvalue weighted by Gasteiger charge is 2.30. The molecule has 4 rings (SSSR count). The highest BCUT2D eigenvalue weighted by molar-refractivity contribution is 7.15. The summed E-state index contributed by atoms with van der Waals surface area (Å²) in [5.74, 6) is 0.844. The minimum absolute atomic E-state index is 0.264. The molecule has 0 atom stereocenters. The van der Waals surface area contributed by atoms with E-state index in [1.807, 2.05) is 19.1 Å².